The average molecular weight is 306 g/mol. The fraction of sp³-hybridized carbons (Fsp3) is 0.267. The molecule has 1 aromatic carbocycles. The quantitative estimate of drug-likeness (QED) is 0.667. The summed E-state index contributed by atoms with van der Waals surface area (Å²) < 4.78 is 11.7. The second kappa shape index (κ2) is 6.30. The minimum Gasteiger partial charge on any atom is -0.486 e. The van der Waals surface area contributed by atoms with E-state index < -0.39 is 0 Å². The van der Waals surface area contributed by atoms with Crippen molar-refractivity contribution in [2.45, 2.75) is 18.6 Å². The van der Waals surface area contributed by atoms with Crippen LogP contribution in [0.4, 0.5) is 0 Å². The maximum atomic E-state index is 6.14. The maximum Gasteiger partial charge on any atom is 0.161 e. The van der Waals surface area contributed by atoms with Crippen molar-refractivity contribution in [2.75, 3.05) is 6.61 Å². The van der Waals surface area contributed by atoms with Gasteiger partial charge in [-0.2, -0.15) is 0 Å². The van der Waals surface area contributed by atoms with E-state index in [9.17, 15) is 0 Å². The Morgan fingerprint density at radius 2 is 2.14 bits per heavy atom. The van der Waals surface area contributed by atoms with E-state index in [1.807, 2.05) is 30.3 Å². The van der Waals surface area contributed by atoms with Crippen molar-refractivity contribution in [3.05, 3.63) is 53.3 Å². The van der Waals surface area contributed by atoms with Crippen molar-refractivity contribution in [1.29, 1.82) is 0 Å². The Kier molecular flexibility index (Phi) is 4.24. The standard InChI is InChI=1S/C15H16ClN3O2/c16-11-8-18-6-5-10(11)7-12(19-17)15-9-20-13-3-1-2-4-14(13)21-15/h1-6,8,12,15,19H,7,9,17H2. The lowest BCUT2D eigenvalue weighted by atomic mass is 10.0. The molecule has 0 aliphatic carbocycles. The fourth-order valence-electron chi connectivity index (χ4n) is 2.34. The Morgan fingerprint density at radius 3 is 2.90 bits per heavy atom. The highest BCUT2D eigenvalue weighted by Crippen LogP contribution is 2.32. The highest BCUT2D eigenvalue weighted by atomic mass is 35.5. The van der Waals surface area contributed by atoms with Crippen LogP contribution in [0.5, 0.6) is 11.5 Å². The molecule has 0 spiro atoms. The van der Waals surface area contributed by atoms with Crippen molar-refractivity contribution in [2.24, 2.45) is 5.84 Å². The molecule has 0 saturated carbocycles. The Morgan fingerprint density at radius 1 is 1.33 bits per heavy atom. The highest BCUT2D eigenvalue weighted by molar-refractivity contribution is 6.31. The summed E-state index contributed by atoms with van der Waals surface area (Å²) in [5.41, 5.74) is 3.76. The van der Waals surface area contributed by atoms with Gasteiger partial charge in [0.2, 0.25) is 0 Å². The third-order valence-electron chi connectivity index (χ3n) is 3.49. The Hall–Kier alpha value is -1.82. The van der Waals surface area contributed by atoms with Crippen molar-refractivity contribution >= 4 is 11.6 Å². The predicted molar refractivity (Wildman–Crippen MR) is 80.4 cm³/mol. The molecule has 0 amide bonds. The number of hydrogen-bond donors (Lipinski definition) is 2. The summed E-state index contributed by atoms with van der Waals surface area (Å²) in [6, 6.07) is 9.36. The van der Waals surface area contributed by atoms with Crippen LogP contribution in [0.15, 0.2) is 42.7 Å². The second-order valence-corrected chi connectivity index (χ2v) is 5.27. The minimum absolute atomic E-state index is 0.113. The van der Waals surface area contributed by atoms with E-state index in [4.69, 9.17) is 26.9 Å². The molecule has 1 aromatic heterocycles. The third-order valence-corrected chi connectivity index (χ3v) is 3.83. The van der Waals surface area contributed by atoms with E-state index in [2.05, 4.69) is 10.4 Å². The number of hydrazine groups is 1. The zero-order valence-corrected chi connectivity index (χ0v) is 12.1. The van der Waals surface area contributed by atoms with Crippen LogP contribution in [0.3, 0.4) is 0 Å². The van der Waals surface area contributed by atoms with Crippen LogP contribution in [0, 0.1) is 0 Å². The molecule has 5 nitrogen and oxygen atoms in total. The summed E-state index contributed by atoms with van der Waals surface area (Å²) in [6.07, 6.45) is 3.78. The molecule has 0 radical (unpaired) electrons. The van der Waals surface area contributed by atoms with Crippen molar-refractivity contribution in [3.63, 3.8) is 0 Å². The van der Waals surface area contributed by atoms with Crippen molar-refractivity contribution in [3.8, 4) is 11.5 Å². The van der Waals surface area contributed by atoms with Gasteiger partial charge in [0.15, 0.2) is 11.5 Å². The molecule has 1 aliphatic heterocycles. The lowest BCUT2D eigenvalue weighted by Crippen LogP contribution is -2.51. The number of ether oxygens (including phenoxy) is 2. The summed E-state index contributed by atoms with van der Waals surface area (Å²) in [7, 11) is 0. The first-order valence-electron chi connectivity index (χ1n) is 6.71. The molecular formula is C15H16ClN3O2. The fourth-order valence-corrected chi connectivity index (χ4v) is 2.53. The van der Waals surface area contributed by atoms with Crippen LogP contribution in [0.2, 0.25) is 5.02 Å². The van der Waals surface area contributed by atoms with Crippen LogP contribution in [-0.4, -0.2) is 23.7 Å². The van der Waals surface area contributed by atoms with E-state index in [-0.39, 0.29) is 12.1 Å². The van der Waals surface area contributed by atoms with E-state index in [1.54, 1.807) is 12.4 Å². The van der Waals surface area contributed by atoms with Gasteiger partial charge in [-0.25, -0.2) is 0 Å². The Balaban J connectivity index is 1.74. The smallest absolute Gasteiger partial charge is 0.161 e. The number of pyridine rings is 1. The first kappa shape index (κ1) is 14.1. The van der Waals surface area contributed by atoms with Gasteiger partial charge in [-0.05, 0) is 30.2 Å². The predicted octanol–water partition coefficient (Wildman–Crippen LogP) is 1.95. The Bertz CT molecular complexity index is 623. The minimum atomic E-state index is -0.186. The largest absolute Gasteiger partial charge is 0.486 e. The summed E-state index contributed by atoms with van der Waals surface area (Å²) in [4.78, 5) is 3.98. The number of nitrogens with two attached hydrogens (primary N) is 1. The van der Waals surface area contributed by atoms with Crippen molar-refractivity contribution < 1.29 is 9.47 Å². The van der Waals surface area contributed by atoms with E-state index in [0.717, 1.165) is 17.1 Å². The van der Waals surface area contributed by atoms with E-state index in [1.165, 1.54) is 0 Å². The number of aromatic nitrogens is 1. The number of rotatable bonds is 4. The summed E-state index contributed by atoms with van der Waals surface area (Å²) >= 11 is 6.14. The number of halogens is 1. The molecule has 2 aromatic rings. The van der Waals surface area contributed by atoms with Gasteiger partial charge in [0.05, 0.1) is 11.1 Å². The molecule has 2 heterocycles. The molecule has 6 heteroatoms. The van der Waals surface area contributed by atoms with Gasteiger partial charge < -0.3 is 9.47 Å². The first-order valence-corrected chi connectivity index (χ1v) is 7.08. The van der Waals surface area contributed by atoms with Crippen molar-refractivity contribution in [1.82, 2.24) is 10.4 Å². The molecule has 3 N–H and O–H groups in total. The molecule has 0 saturated heterocycles. The number of para-hydroxylation sites is 2. The van der Waals surface area contributed by atoms with Gasteiger partial charge in [0, 0.05) is 12.4 Å². The van der Waals surface area contributed by atoms with Gasteiger partial charge in [0.25, 0.3) is 0 Å². The van der Waals surface area contributed by atoms with Gasteiger partial charge in [-0.1, -0.05) is 23.7 Å². The van der Waals surface area contributed by atoms with Gasteiger partial charge >= 0.3 is 0 Å². The molecule has 2 atom stereocenters. The lowest BCUT2D eigenvalue weighted by Gasteiger charge is -2.32. The van der Waals surface area contributed by atoms with Crippen LogP contribution >= 0.6 is 11.6 Å². The lowest BCUT2D eigenvalue weighted by molar-refractivity contribution is 0.0620. The Labute approximate surface area is 128 Å². The third kappa shape index (κ3) is 3.10. The molecule has 1 aliphatic rings. The molecule has 110 valence electrons. The summed E-state index contributed by atoms with van der Waals surface area (Å²) in [5, 5.41) is 0.620. The summed E-state index contributed by atoms with van der Waals surface area (Å²) in [5.74, 6) is 7.16. The van der Waals surface area contributed by atoms with Gasteiger partial charge in [0.1, 0.15) is 12.7 Å². The van der Waals surface area contributed by atoms with Crippen LogP contribution in [0.1, 0.15) is 5.56 Å². The number of nitrogens with zero attached hydrogens (tertiary/aromatic N) is 1. The summed E-state index contributed by atoms with van der Waals surface area (Å²) in [6.45, 7) is 0.439. The zero-order chi connectivity index (χ0) is 14.7. The second-order valence-electron chi connectivity index (χ2n) is 4.86. The van der Waals surface area contributed by atoms with Crippen LogP contribution in [-0.2, 0) is 6.42 Å². The number of nitrogens with one attached hydrogen (secondary N) is 1. The van der Waals surface area contributed by atoms with Gasteiger partial charge in [-0.15, -0.1) is 0 Å². The molecule has 2 unspecified atom stereocenters. The number of benzene rings is 1. The van der Waals surface area contributed by atoms with Crippen LogP contribution < -0.4 is 20.7 Å². The van der Waals surface area contributed by atoms with E-state index in [0.29, 0.717) is 18.1 Å². The molecular weight excluding hydrogens is 290 g/mol. The number of fused-ring (bicyclic) bond motifs is 1. The first-order chi connectivity index (χ1) is 10.3. The SMILES string of the molecule is NNC(Cc1ccncc1Cl)C1COc2ccccc2O1. The highest BCUT2D eigenvalue weighted by Gasteiger charge is 2.28. The molecule has 3 rings (SSSR count). The normalized spacial score (nSPS) is 18.3. The monoisotopic (exact) mass is 305 g/mol. The molecule has 0 bridgehead atoms. The topological polar surface area (TPSA) is 69.4 Å². The average Bonchev–Trinajstić information content (AvgIpc) is 2.54. The number of hydrogen-bond acceptors (Lipinski definition) is 5. The van der Waals surface area contributed by atoms with Gasteiger partial charge in [-0.3, -0.25) is 16.3 Å². The maximum absolute atomic E-state index is 6.14. The molecule has 21 heavy (non-hydrogen) atoms. The van der Waals surface area contributed by atoms with Crippen LogP contribution in [0.25, 0.3) is 0 Å². The zero-order valence-electron chi connectivity index (χ0n) is 11.3. The van der Waals surface area contributed by atoms with E-state index >= 15 is 0 Å². The molecule has 0 fully saturated rings.